The van der Waals surface area contributed by atoms with Crippen LogP contribution in [0.1, 0.15) is 18.7 Å². The summed E-state index contributed by atoms with van der Waals surface area (Å²) in [5.74, 6) is 1.25. The highest BCUT2D eigenvalue weighted by Crippen LogP contribution is 2.22. The topological polar surface area (TPSA) is 39.4 Å². The fourth-order valence-corrected chi connectivity index (χ4v) is 2.07. The molecule has 0 saturated heterocycles. The molecule has 2 rings (SSSR count). The maximum atomic E-state index is 5.13. The number of nitrogens with zero attached hydrogens (tertiary/aromatic N) is 3. The highest BCUT2D eigenvalue weighted by molar-refractivity contribution is 9.10. The van der Waals surface area contributed by atoms with Crippen molar-refractivity contribution in [3.8, 4) is 0 Å². The molecule has 0 aliphatic rings. The van der Waals surface area contributed by atoms with Crippen LogP contribution in [0.15, 0.2) is 23.2 Å². The van der Waals surface area contributed by atoms with Crippen LogP contribution in [0.25, 0.3) is 5.52 Å². The van der Waals surface area contributed by atoms with E-state index in [4.69, 9.17) is 4.74 Å². The second-order valence-electron chi connectivity index (χ2n) is 3.45. The first-order chi connectivity index (χ1) is 7.24. The Bertz CT molecular complexity index is 469. The summed E-state index contributed by atoms with van der Waals surface area (Å²) >= 11 is 3.42. The molecule has 15 heavy (non-hydrogen) atoms. The van der Waals surface area contributed by atoms with Crippen LogP contribution in [0.4, 0.5) is 0 Å². The van der Waals surface area contributed by atoms with E-state index in [1.54, 1.807) is 19.5 Å². The Hall–Kier alpha value is -0.940. The Morgan fingerprint density at radius 2 is 2.40 bits per heavy atom. The van der Waals surface area contributed by atoms with E-state index in [9.17, 15) is 0 Å². The number of rotatable bonds is 3. The van der Waals surface area contributed by atoms with Crippen molar-refractivity contribution < 1.29 is 4.74 Å². The van der Waals surface area contributed by atoms with Crippen molar-refractivity contribution >= 4 is 21.4 Å². The molecule has 0 aliphatic heterocycles. The first-order valence-electron chi connectivity index (χ1n) is 4.70. The number of fused-ring (bicyclic) bond motifs is 1. The van der Waals surface area contributed by atoms with E-state index in [0.717, 1.165) is 15.9 Å². The van der Waals surface area contributed by atoms with Gasteiger partial charge in [0.2, 0.25) is 0 Å². The lowest BCUT2D eigenvalue weighted by molar-refractivity contribution is 0.181. The monoisotopic (exact) mass is 269 g/mol. The summed E-state index contributed by atoms with van der Waals surface area (Å²) in [5, 5.41) is 0. The van der Waals surface area contributed by atoms with Gasteiger partial charge >= 0.3 is 0 Å². The average molecular weight is 270 g/mol. The van der Waals surface area contributed by atoms with Crippen molar-refractivity contribution in [2.75, 3.05) is 13.7 Å². The Balaban J connectivity index is 2.52. The van der Waals surface area contributed by atoms with Gasteiger partial charge in [0.15, 0.2) is 0 Å². The molecule has 1 unspecified atom stereocenters. The third kappa shape index (κ3) is 1.89. The summed E-state index contributed by atoms with van der Waals surface area (Å²) in [5.41, 5.74) is 0.982. The predicted octanol–water partition coefficient (Wildman–Crippen LogP) is 2.24. The van der Waals surface area contributed by atoms with Gasteiger partial charge in [-0.15, -0.1) is 0 Å². The van der Waals surface area contributed by atoms with E-state index >= 15 is 0 Å². The van der Waals surface area contributed by atoms with Gasteiger partial charge in [-0.1, -0.05) is 6.92 Å². The van der Waals surface area contributed by atoms with Crippen molar-refractivity contribution in [2.45, 2.75) is 12.8 Å². The average Bonchev–Trinajstić information content (AvgIpc) is 2.58. The number of hydrogen-bond donors (Lipinski definition) is 0. The van der Waals surface area contributed by atoms with Crippen LogP contribution in [0, 0.1) is 0 Å². The Kier molecular flexibility index (Phi) is 3.02. The smallest absolute Gasteiger partial charge is 0.133 e. The third-order valence-corrected chi connectivity index (χ3v) is 2.87. The molecule has 0 bridgehead atoms. The minimum absolute atomic E-state index is 0.260. The molecular formula is C10H12BrN3O. The summed E-state index contributed by atoms with van der Waals surface area (Å²) < 4.78 is 7.99. The molecule has 0 spiro atoms. The molecule has 0 saturated carbocycles. The zero-order chi connectivity index (χ0) is 10.8. The first-order valence-corrected chi connectivity index (χ1v) is 5.49. The van der Waals surface area contributed by atoms with Gasteiger partial charge in [-0.25, -0.2) is 4.98 Å². The molecule has 0 aliphatic carbocycles. The lowest BCUT2D eigenvalue weighted by atomic mass is 10.2. The third-order valence-electron chi connectivity index (χ3n) is 2.29. The molecule has 2 heterocycles. The molecule has 4 nitrogen and oxygen atoms in total. The second-order valence-corrected chi connectivity index (χ2v) is 4.20. The van der Waals surface area contributed by atoms with Crippen LogP contribution in [0.5, 0.6) is 0 Å². The summed E-state index contributed by atoms with van der Waals surface area (Å²) in [7, 11) is 1.70. The van der Waals surface area contributed by atoms with Gasteiger partial charge in [0, 0.05) is 25.4 Å². The van der Waals surface area contributed by atoms with E-state index in [1.165, 1.54) is 0 Å². The highest BCUT2D eigenvalue weighted by Gasteiger charge is 2.14. The Morgan fingerprint density at radius 3 is 3.13 bits per heavy atom. The summed E-state index contributed by atoms with van der Waals surface area (Å²) in [6, 6.07) is 0. The minimum atomic E-state index is 0.260. The van der Waals surface area contributed by atoms with E-state index in [0.29, 0.717) is 6.61 Å². The number of ether oxygens (including phenoxy) is 1. The van der Waals surface area contributed by atoms with Crippen molar-refractivity contribution in [3.63, 3.8) is 0 Å². The highest BCUT2D eigenvalue weighted by atomic mass is 79.9. The minimum Gasteiger partial charge on any atom is -0.384 e. The zero-order valence-corrected chi connectivity index (χ0v) is 10.2. The van der Waals surface area contributed by atoms with Crippen molar-refractivity contribution in [3.05, 3.63) is 29.0 Å². The van der Waals surface area contributed by atoms with Crippen LogP contribution < -0.4 is 0 Å². The lowest BCUT2D eigenvalue weighted by Crippen LogP contribution is -2.06. The summed E-state index contributed by atoms with van der Waals surface area (Å²) in [6.45, 7) is 2.75. The van der Waals surface area contributed by atoms with Crippen LogP contribution >= 0.6 is 15.9 Å². The molecule has 0 fully saturated rings. The molecule has 0 aromatic carbocycles. The maximum Gasteiger partial charge on any atom is 0.133 e. The van der Waals surface area contributed by atoms with E-state index in [1.807, 2.05) is 10.6 Å². The number of imidazole rings is 1. The molecule has 0 N–H and O–H groups in total. The fraction of sp³-hybridized carbons (Fsp3) is 0.400. The Labute approximate surface area is 96.4 Å². The van der Waals surface area contributed by atoms with Crippen molar-refractivity contribution in [1.29, 1.82) is 0 Å². The number of aromatic nitrogens is 3. The fourth-order valence-electron chi connectivity index (χ4n) is 1.60. The van der Waals surface area contributed by atoms with Crippen LogP contribution in [0.3, 0.4) is 0 Å². The second kappa shape index (κ2) is 4.28. The molecule has 80 valence electrons. The van der Waals surface area contributed by atoms with E-state index in [2.05, 4.69) is 32.8 Å². The molecule has 5 heteroatoms. The number of methoxy groups -OCH3 is 1. The van der Waals surface area contributed by atoms with Crippen LogP contribution in [-0.4, -0.2) is 28.1 Å². The summed E-state index contributed by atoms with van der Waals surface area (Å²) in [6.07, 6.45) is 5.46. The molecule has 2 aromatic heterocycles. The first kappa shape index (κ1) is 10.6. The molecular weight excluding hydrogens is 258 g/mol. The largest absolute Gasteiger partial charge is 0.384 e. The quantitative estimate of drug-likeness (QED) is 0.858. The maximum absolute atomic E-state index is 5.13. The van der Waals surface area contributed by atoms with Crippen molar-refractivity contribution in [2.24, 2.45) is 0 Å². The molecule has 0 amide bonds. The lowest BCUT2D eigenvalue weighted by Gasteiger charge is -2.08. The molecule has 1 atom stereocenters. The summed E-state index contributed by atoms with van der Waals surface area (Å²) in [4.78, 5) is 8.54. The Morgan fingerprint density at radius 1 is 1.60 bits per heavy atom. The van der Waals surface area contributed by atoms with Gasteiger partial charge in [0.05, 0.1) is 18.3 Å². The van der Waals surface area contributed by atoms with Gasteiger partial charge < -0.3 is 4.74 Å². The van der Waals surface area contributed by atoms with E-state index < -0.39 is 0 Å². The molecule has 2 aromatic rings. The normalized spacial score (nSPS) is 13.3. The van der Waals surface area contributed by atoms with Gasteiger partial charge in [-0.2, -0.15) is 0 Å². The number of halogens is 1. The van der Waals surface area contributed by atoms with E-state index in [-0.39, 0.29) is 5.92 Å². The van der Waals surface area contributed by atoms with Crippen molar-refractivity contribution in [1.82, 2.24) is 14.4 Å². The van der Waals surface area contributed by atoms with Gasteiger partial charge in [0.1, 0.15) is 10.4 Å². The number of hydrogen-bond acceptors (Lipinski definition) is 3. The van der Waals surface area contributed by atoms with Crippen LogP contribution in [-0.2, 0) is 4.74 Å². The SMILES string of the molecule is COCC(C)c1nc(Br)c2cnccn12. The van der Waals surface area contributed by atoms with Gasteiger partial charge in [0.25, 0.3) is 0 Å². The zero-order valence-electron chi connectivity index (χ0n) is 8.64. The van der Waals surface area contributed by atoms with Gasteiger partial charge in [-0.3, -0.25) is 9.38 Å². The van der Waals surface area contributed by atoms with Crippen LogP contribution in [0.2, 0.25) is 0 Å². The standard InChI is InChI=1S/C10H12BrN3O/c1-7(6-15-2)10-13-9(11)8-5-12-3-4-14(8)10/h3-5,7H,6H2,1-2H3. The molecule has 0 radical (unpaired) electrons. The van der Waals surface area contributed by atoms with Gasteiger partial charge in [-0.05, 0) is 15.9 Å². The predicted molar refractivity (Wildman–Crippen MR) is 61.0 cm³/mol.